The molecule has 0 bridgehead atoms. The molecular formula is C14H15ClN2S2. The van der Waals surface area contributed by atoms with Crippen molar-refractivity contribution < 1.29 is 0 Å². The van der Waals surface area contributed by atoms with Crippen molar-refractivity contribution in [3.8, 4) is 0 Å². The zero-order valence-electron chi connectivity index (χ0n) is 10.4. The third-order valence-electron chi connectivity index (χ3n) is 3.31. The Bertz CT molecular complexity index is 559. The normalized spacial score (nSPS) is 16.1. The summed E-state index contributed by atoms with van der Waals surface area (Å²) in [5.74, 6) is 2.37. The summed E-state index contributed by atoms with van der Waals surface area (Å²) in [5.41, 5.74) is 8.89. The van der Waals surface area contributed by atoms with E-state index in [1.165, 1.54) is 27.5 Å². The van der Waals surface area contributed by atoms with E-state index >= 15 is 0 Å². The number of aryl methyl sites for hydroxylation is 1. The summed E-state index contributed by atoms with van der Waals surface area (Å²) >= 11 is 10.0. The number of rotatable bonds is 3. The fourth-order valence-corrected chi connectivity index (χ4v) is 4.83. The molecule has 0 aromatic carbocycles. The van der Waals surface area contributed by atoms with Gasteiger partial charge >= 0.3 is 0 Å². The highest BCUT2D eigenvalue weighted by atomic mass is 35.5. The van der Waals surface area contributed by atoms with E-state index in [4.69, 9.17) is 17.3 Å². The lowest BCUT2D eigenvalue weighted by molar-refractivity contribution is 0.735. The standard InChI is InChI=1S/C14H15ClN2S2/c15-11-7-17-3-1-9(11)5-12(16)14-6-10-8-18-4-2-13(10)19-14/h1,3,6-7,12H,2,4-5,8,16H2. The van der Waals surface area contributed by atoms with E-state index < -0.39 is 0 Å². The number of halogens is 1. The van der Waals surface area contributed by atoms with Gasteiger partial charge < -0.3 is 5.73 Å². The van der Waals surface area contributed by atoms with Crippen LogP contribution in [-0.2, 0) is 18.6 Å². The van der Waals surface area contributed by atoms with Crippen molar-refractivity contribution >= 4 is 34.7 Å². The van der Waals surface area contributed by atoms with Gasteiger partial charge in [0.1, 0.15) is 0 Å². The summed E-state index contributed by atoms with van der Waals surface area (Å²) in [7, 11) is 0. The molecule has 2 aromatic heterocycles. The van der Waals surface area contributed by atoms with Gasteiger partial charge in [-0.1, -0.05) is 11.6 Å². The lowest BCUT2D eigenvalue weighted by atomic mass is 10.1. The van der Waals surface area contributed by atoms with Crippen LogP contribution in [0.25, 0.3) is 0 Å². The van der Waals surface area contributed by atoms with Gasteiger partial charge in [-0.15, -0.1) is 11.3 Å². The van der Waals surface area contributed by atoms with Crippen LogP contribution in [0.5, 0.6) is 0 Å². The third kappa shape index (κ3) is 2.97. The first-order valence-electron chi connectivity index (χ1n) is 6.27. The summed E-state index contributed by atoms with van der Waals surface area (Å²) < 4.78 is 0. The Morgan fingerprint density at radius 3 is 3.16 bits per heavy atom. The smallest absolute Gasteiger partial charge is 0.0622 e. The molecule has 0 amide bonds. The zero-order valence-corrected chi connectivity index (χ0v) is 12.8. The molecule has 1 aliphatic rings. The average Bonchev–Trinajstić information content (AvgIpc) is 2.85. The topological polar surface area (TPSA) is 38.9 Å². The molecular weight excluding hydrogens is 296 g/mol. The first-order chi connectivity index (χ1) is 9.24. The Labute approximate surface area is 126 Å². The van der Waals surface area contributed by atoms with Gasteiger partial charge in [-0.3, -0.25) is 4.98 Å². The van der Waals surface area contributed by atoms with Gasteiger partial charge in [0.15, 0.2) is 0 Å². The van der Waals surface area contributed by atoms with Crippen molar-refractivity contribution in [1.29, 1.82) is 0 Å². The average molecular weight is 311 g/mol. The lowest BCUT2D eigenvalue weighted by Gasteiger charge is -2.10. The molecule has 100 valence electrons. The number of pyridine rings is 1. The maximum absolute atomic E-state index is 6.33. The minimum absolute atomic E-state index is 0.0282. The van der Waals surface area contributed by atoms with Crippen molar-refractivity contribution in [2.24, 2.45) is 5.73 Å². The van der Waals surface area contributed by atoms with Crippen LogP contribution in [0.4, 0.5) is 0 Å². The molecule has 2 aromatic rings. The van der Waals surface area contributed by atoms with Gasteiger partial charge in [0.25, 0.3) is 0 Å². The first kappa shape index (κ1) is 13.4. The number of thiophene rings is 1. The molecule has 2 nitrogen and oxygen atoms in total. The summed E-state index contributed by atoms with van der Waals surface area (Å²) in [5, 5.41) is 0.704. The molecule has 0 saturated carbocycles. The van der Waals surface area contributed by atoms with Crippen LogP contribution in [0.1, 0.15) is 26.9 Å². The summed E-state index contributed by atoms with van der Waals surface area (Å²) in [6.45, 7) is 0. The first-order valence-corrected chi connectivity index (χ1v) is 8.62. The molecule has 1 atom stereocenters. The van der Waals surface area contributed by atoms with Crippen molar-refractivity contribution in [3.05, 3.63) is 50.4 Å². The molecule has 19 heavy (non-hydrogen) atoms. The highest BCUT2D eigenvalue weighted by Gasteiger charge is 2.18. The second kappa shape index (κ2) is 5.83. The SMILES string of the molecule is NC(Cc1ccncc1Cl)c1cc2c(s1)CCSC2. The van der Waals surface area contributed by atoms with Crippen LogP contribution >= 0.6 is 34.7 Å². The maximum Gasteiger partial charge on any atom is 0.0622 e. The molecule has 0 spiro atoms. The van der Waals surface area contributed by atoms with Crippen molar-refractivity contribution in [2.45, 2.75) is 24.6 Å². The Hall–Kier alpha value is -0.550. The monoisotopic (exact) mass is 310 g/mol. The second-order valence-corrected chi connectivity index (χ2v) is 7.36. The van der Waals surface area contributed by atoms with Crippen LogP contribution in [-0.4, -0.2) is 10.7 Å². The van der Waals surface area contributed by atoms with E-state index in [1.807, 2.05) is 29.2 Å². The van der Waals surface area contributed by atoms with E-state index in [1.54, 1.807) is 12.4 Å². The third-order valence-corrected chi connectivity index (χ3v) is 6.03. The minimum atomic E-state index is 0.0282. The zero-order chi connectivity index (χ0) is 13.2. The number of aromatic nitrogens is 1. The number of fused-ring (bicyclic) bond motifs is 1. The molecule has 3 rings (SSSR count). The van der Waals surface area contributed by atoms with Crippen molar-refractivity contribution in [3.63, 3.8) is 0 Å². The van der Waals surface area contributed by atoms with E-state index in [0.717, 1.165) is 17.7 Å². The second-order valence-electron chi connectivity index (χ2n) is 4.68. The Morgan fingerprint density at radius 2 is 2.37 bits per heavy atom. The summed E-state index contributed by atoms with van der Waals surface area (Å²) in [4.78, 5) is 6.80. The van der Waals surface area contributed by atoms with E-state index in [-0.39, 0.29) is 6.04 Å². The van der Waals surface area contributed by atoms with E-state index in [9.17, 15) is 0 Å². The quantitative estimate of drug-likeness (QED) is 0.936. The van der Waals surface area contributed by atoms with Gasteiger partial charge in [-0.25, -0.2) is 0 Å². The molecule has 0 aliphatic carbocycles. The van der Waals surface area contributed by atoms with E-state index in [2.05, 4.69) is 11.1 Å². The molecule has 1 aliphatic heterocycles. The largest absolute Gasteiger partial charge is 0.323 e. The van der Waals surface area contributed by atoms with Crippen LogP contribution in [0.2, 0.25) is 5.02 Å². The molecule has 0 fully saturated rings. The fourth-order valence-electron chi connectivity index (χ4n) is 2.26. The predicted molar refractivity (Wildman–Crippen MR) is 84.1 cm³/mol. The van der Waals surface area contributed by atoms with Crippen LogP contribution < -0.4 is 5.73 Å². The molecule has 0 radical (unpaired) electrons. The predicted octanol–water partition coefficient (Wildman–Crippen LogP) is 3.83. The van der Waals surface area contributed by atoms with Gasteiger partial charge in [0.2, 0.25) is 0 Å². The fraction of sp³-hybridized carbons (Fsp3) is 0.357. The van der Waals surface area contributed by atoms with Gasteiger partial charge in [-0.2, -0.15) is 11.8 Å². The van der Waals surface area contributed by atoms with Gasteiger partial charge in [0, 0.05) is 33.9 Å². The van der Waals surface area contributed by atoms with Gasteiger partial charge in [-0.05, 0) is 41.9 Å². The number of hydrogen-bond acceptors (Lipinski definition) is 4. The summed E-state index contributed by atoms with van der Waals surface area (Å²) in [6, 6.07) is 4.26. The number of hydrogen-bond donors (Lipinski definition) is 1. The highest BCUT2D eigenvalue weighted by Crippen LogP contribution is 2.35. The van der Waals surface area contributed by atoms with Crippen molar-refractivity contribution in [2.75, 3.05) is 5.75 Å². The van der Waals surface area contributed by atoms with Crippen LogP contribution in [0, 0.1) is 0 Å². The lowest BCUT2D eigenvalue weighted by Crippen LogP contribution is -2.12. The minimum Gasteiger partial charge on any atom is -0.323 e. The maximum atomic E-state index is 6.33. The van der Waals surface area contributed by atoms with Crippen molar-refractivity contribution in [1.82, 2.24) is 4.98 Å². The molecule has 2 N–H and O–H groups in total. The highest BCUT2D eigenvalue weighted by molar-refractivity contribution is 7.98. The van der Waals surface area contributed by atoms with E-state index in [0.29, 0.717) is 5.02 Å². The molecule has 1 unspecified atom stereocenters. The Balaban J connectivity index is 1.79. The molecule has 3 heterocycles. The summed E-state index contributed by atoms with van der Waals surface area (Å²) in [6.07, 6.45) is 5.41. The Morgan fingerprint density at radius 1 is 1.47 bits per heavy atom. The molecule has 5 heteroatoms. The number of thioether (sulfide) groups is 1. The Kier molecular flexibility index (Phi) is 4.12. The number of nitrogens with two attached hydrogens (primary N) is 1. The molecule has 0 saturated heterocycles. The number of nitrogens with zero attached hydrogens (tertiary/aromatic N) is 1. The van der Waals surface area contributed by atoms with Crippen LogP contribution in [0.3, 0.4) is 0 Å². The van der Waals surface area contributed by atoms with Gasteiger partial charge in [0.05, 0.1) is 5.02 Å². The van der Waals surface area contributed by atoms with Crippen LogP contribution in [0.15, 0.2) is 24.5 Å².